The van der Waals surface area contributed by atoms with Gasteiger partial charge < -0.3 is 15.7 Å². The minimum atomic E-state index is -0.301. The van der Waals surface area contributed by atoms with Crippen molar-refractivity contribution in [2.75, 3.05) is 11.9 Å². The summed E-state index contributed by atoms with van der Waals surface area (Å²) in [6.45, 7) is 1.99. The van der Waals surface area contributed by atoms with Crippen molar-refractivity contribution in [1.82, 2.24) is 5.32 Å². The van der Waals surface area contributed by atoms with Gasteiger partial charge in [-0.2, -0.15) is 0 Å². The van der Waals surface area contributed by atoms with E-state index in [1.165, 1.54) is 6.92 Å². The fourth-order valence-corrected chi connectivity index (χ4v) is 2.44. The number of amides is 2. The highest BCUT2D eigenvalue weighted by Gasteiger charge is 2.25. The summed E-state index contributed by atoms with van der Waals surface area (Å²) in [4.78, 5) is 22.9. The standard InChI is InChI=1S/C15H20N2O3/c1-10(18)11-5-7-13(8-6-11)17-15(20)16-9-12-3-2-4-14(12)19/h5-8,12,14,19H,2-4,9H2,1H3,(H2,16,17,20). The van der Waals surface area contributed by atoms with E-state index in [2.05, 4.69) is 10.6 Å². The van der Waals surface area contributed by atoms with Gasteiger partial charge in [-0.05, 0) is 44.0 Å². The summed E-state index contributed by atoms with van der Waals surface area (Å²) < 4.78 is 0. The van der Waals surface area contributed by atoms with Crippen LogP contribution in [-0.2, 0) is 0 Å². The van der Waals surface area contributed by atoms with E-state index in [1.54, 1.807) is 24.3 Å². The average Bonchev–Trinajstić information content (AvgIpc) is 2.82. The number of nitrogens with one attached hydrogen (secondary N) is 2. The molecule has 108 valence electrons. The van der Waals surface area contributed by atoms with Crippen LogP contribution in [-0.4, -0.2) is 29.6 Å². The first-order valence-electron chi connectivity index (χ1n) is 6.90. The van der Waals surface area contributed by atoms with Gasteiger partial charge >= 0.3 is 6.03 Å². The summed E-state index contributed by atoms with van der Waals surface area (Å²) in [6, 6.07) is 6.46. The third kappa shape index (κ3) is 3.81. The Balaban J connectivity index is 1.80. The third-order valence-corrected chi connectivity index (χ3v) is 3.69. The highest BCUT2D eigenvalue weighted by molar-refractivity contribution is 5.95. The van der Waals surface area contributed by atoms with Crippen molar-refractivity contribution in [2.24, 2.45) is 5.92 Å². The van der Waals surface area contributed by atoms with Gasteiger partial charge in [-0.25, -0.2) is 4.79 Å². The number of anilines is 1. The first kappa shape index (κ1) is 14.5. The molecule has 20 heavy (non-hydrogen) atoms. The van der Waals surface area contributed by atoms with Gasteiger partial charge in [0.1, 0.15) is 0 Å². The third-order valence-electron chi connectivity index (χ3n) is 3.69. The number of aliphatic hydroxyl groups excluding tert-OH is 1. The molecule has 2 amide bonds. The van der Waals surface area contributed by atoms with Gasteiger partial charge in [-0.3, -0.25) is 4.79 Å². The number of hydrogen-bond acceptors (Lipinski definition) is 3. The molecule has 0 bridgehead atoms. The van der Waals surface area contributed by atoms with Crippen LogP contribution < -0.4 is 10.6 Å². The van der Waals surface area contributed by atoms with Crippen LogP contribution in [0.15, 0.2) is 24.3 Å². The van der Waals surface area contributed by atoms with E-state index in [4.69, 9.17) is 0 Å². The minimum absolute atomic E-state index is 0.00350. The quantitative estimate of drug-likeness (QED) is 0.737. The molecule has 0 saturated heterocycles. The predicted octanol–water partition coefficient (Wildman–Crippen LogP) is 2.17. The number of benzene rings is 1. The minimum Gasteiger partial charge on any atom is -0.393 e. The van der Waals surface area contributed by atoms with Crippen LogP contribution >= 0.6 is 0 Å². The Kier molecular flexibility index (Phi) is 4.74. The number of urea groups is 1. The summed E-state index contributed by atoms with van der Waals surface area (Å²) in [7, 11) is 0. The van der Waals surface area contributed by atoms with E-state index < -0.39 is 0 Å². The number of aliphatic hydroxyl groups is 1. The number of hydrogen-bond donors (Lipinski definition) is 3. The van der Waals surface area contributed by atoms with Gasteiger partial charge in [0.2, 0.25) is 0 Å². The molecule has 2 atom stereocenters. The molecule has 2 unspecified atom stereocenters. The van der Waals surface area contributed by atoms with E-state index >= 15 is 0 Å². The number of ketones is 1. The fraction of sp³-hybridized carbons (Fsp3) is 0.467. The number of Topliss-reactive ketones (excluding diaryl/α,β-unsaturated/α-hetero) is 1. The molecular formula is C15H20N2O3. The van der Waals surface area contributed by atoms with E-state index in [9.17, 15) is 14.7 Å². The lowest BCUT2D eigenvalue weighted by molar-refractivity contribution is 0.101. The van der Waals surface area contributed by atoms with Crippen LogP contribution in [0.5, 0.6) is 0 Å². The normalized spacial score (nSPS) is 21.5. The maximum Gasteiger partial charge on any atom is 0.319 e. The van der Waals surface area contributed by atoms with Crippen molar-refractivity contribution in [3.63, 3.8) is 0 Å². The predicted molar refractivity (Wildman–Crippen MR) is 76.8 cm³/mol. The van der Waals surface area contributed by atoms with E-state index in [-0.39, 0.29) is 23.8 Å². The molecule has 1 fully saturated rings. The van der Waals surface area contributed by atoms with Gasteiger partial charge in [0.05, 0.1) is 6.10 Å². The van der Waals surface area contributed by atoms with Crippen LogP contribution in [0, 0.1) is 5.92 Å². The van der Waals surface area contributed by atoms with Crippen LogP contribution in [0.25, 0.3) is 0 Å². The maximum absolute atomic E-state index is 11.7. The molecule has 5 nitrogen and oxygen atoms in total. The molecule has 5 heteroatoms. The monoisotopic (exact) mass is 276 g/mol. The second-order valence-electron chi connectivity index (χ2n) is 5.23. The molecule has 1 aliphatic rings. The number of carbonyl (C=O) groups is 2. The zero-order valence-electron chi connectivity index (χ0n) is 11.6. The zero-order valence-corrected chi connectivity index (χ0v) is 11.6. The molecule has 2 rings (SSSR count). The maximum atomic E-state index is 11.7. The van der Waals surface area contributed by atoms with Crippen molar-refractivity contribution in [2.45, 2.75) is 32.3 Å². The lowest BCUT2D eigenvalue weighted by atomic mass is 10.1. The first-order chi connectivity index (χ1) is 9.56. The molecule has 1 saturated carbocycles. The molecular weight excluding hydrogens is 256 g/mol. The molecule has 1 aromatic carbocycles. The van der Waals surface area contributed by atoms with Gasteiger partial charge in [0.25, 0.3) is 0 Å². The topological polar surface area (TPSA) is 78.4 Å². The lowest BCUT2D eigenvalue weighted by Gasteiger charge is -2.15. The molecule has 0 spiro atoms. The van der Waals surface area contributed by atoms with E-state index in [1.807, 2.05) is 0 Å². The largest absolute Gasteiger partial charge is 0.393 e. The molecule has 0 heterocycles. The lowest BCUT2D eigenvalue weighted by Crippen LogP contribution is -2.35. The SMILES string of the molecule is CC(=O)c1ccc(NC(=O)NCC2CCCC2O)cc1. The Morgan fingerprint density at radius 1 is 1.25 bits per heavy atom. The Labute approximate surface area is 118 Å². The molecule has 3 N–H and O–H groups in total. The Hall–Kier alpha value is -1.88. The van der Waals surface area contributed by atoms with E-state index in [0.717, 1.165) is 19.3 Å². The van der Waals surface area contributed by atoms with Crippen molar-refractivity contribution in [1.29, 1.82) is 0 Å². The van der Waals surface area contributed by atoms with Crippen LogP contribution in [0.4, 0.5) is 10.5 Å². The van der Waals surface area contributed by atoms with Crippen LogP contribution in [0.2, 0.25) is 0 Å². The summed E-state index contributed by atoms with van der Waals surface area (Å²) in [5, 5.41) is 15.1. The van der Waals surface area contributed by atoms with Gasteiger partial charge in [0.15, 0.2) is 5.78 Å². The van der Waals surface area contributed by atoms with Crippen LogP contribution in [0.3, 0.4) is 0 Å². The second-order valence-corrected chi connectivity index (χ2v) is 5.23. The average molecular weight is 276 g/mol. The molecule has 0 aromatic heterocycles. The summed E-state index contributed by atoms with van der Waals surface area (Å²) in [5.41, 5.74) is 1.25. The fourth-order valence-electron chi connectivity index (χ4n) is 2.44. The summed E-state index contributed by atoms with van der Waals surface area (Å²) >= 11 is 0. The van der Waals surface area contributed by atoms with Crippen molar-refractivity contribution >= 4 is 17.5 Å². The van der Waals surface area contributed by atoms with Crippen LogP contribution in [0.1, 0.15) is 36.5 Å². The van der Waals surface area contributed by atoms with Crippen molar-refractivity contribution in [3.8, 4) is 0 Å². The van der Waals surface area contributed by atoms with E-state index in [0.29, 0.717) is 17.8 Å². The highest BCUT2D eigenvalue weighted by atomic mass is 16.3. The number of rotatable bonds is 4. The van der Waals surface area contributed by atoms with Gasteiger partial charge in [-0.1, -0.05) is 6.42 Å². The molecule has 1 aliphatic carbocycles. The van der Waals surface area contributed by atoms with Crippen molar-refractivity contribution < 1.29 is 14.7 Å². The molecule has 0 aliphatic heterocycles. The first-order valence-corrected chi connectivity index (χ1v) is 6.90. The second kappa shape index (κ2) is 6.52. The summed E-state index contributed by atoms with van der Waals surface area (Å²) in [5.74, 6) is 0.150. The number of carbonyl (C=O) groups excluding carboxylic acids is 2. The molecule has 1 aromatic rings. The van der Waals surface area contributed by atoms with Gasteiger partial charge in [-0.15, -0.1) is 0 Å². The van der Waals surface area contributed by atoms with Gasteiger partial charge in [0, 0.05) is 23.7 Å². The molecule has 0 radical (unpaired) electrons. The summed E-state index contributed by atoms with van der Waals surface area (Å²) in [6.07, 6.45) is 2.49. The Morgan fingerprint density at radius 3 is 2.50 bits per heavy atom. The highest BCUT2D eigenvalue weighted by Crippen LogP contribution is 2.24. The zero-order chi connectivity index (χ0) is 14.5. The van der Waals surface area contributed by atoms with Crippen molar-refractivity contribution in [3.05, 3.63) is 29.8 Å². The Bertz CT molecular complexity index is 484. The smallest absolute Gasteiger partial charge is 0.319 e. The Morgan fingerprint density at radius 2 is 1.95 bits per heavy atom.